The number of rotatable bonds is 8. The van der Waals surface area contributed by atoms with Crippen LogP contribution in [-0.2, 0) is 16.0 Å². The van der Waals surface area contributed by atoms with Gasteiger partial charge in [0.05, 0.1) is 6.61 Å². The predicted octanol–water partition coefficient (Wildman–Crippen LogP) is 0.0188. The highest BCUT2D eigenvalue weighted by atomic mass is 16.5. The molecule has 104 valence electrons. The van der Waals surface area contributed by atoms with Gasteiger partial charge in [-0.2, -0.15) is 0 Å². The van der Waals surface area contributed by atoms with Crippen molar-refractivity contribution in [1.29, 1.82) is 0 Å². The summed E-state index contributed by atoms with van der Waals surface area (Å²) in [5.74, 6) is -1.24. The minimum absolute atomic E-state index is 0.170. The molecule has 1 rings (SSSR count). The van der Waals surface area contributed by atoms with E-state index in [1.54, 1.807) is 12.1 Å². The summed E-state index contributed by atoms with van der Waals surface area (Å²) in [6, 6.07) is 7.20. The van der Waals surface area contributed by atoms with Gasteiger partial charge < -0.3 is 20.9 Å². The monoisotopic (exact) mass is 266 g/mol. The van der Waals surface area contributed by atoms with Crippen LogP contribution in [0.25, 0.3) is 0 Å². The van der Waals surface area contributed by atoms with Crippen LogP contribution in [0.4, 0.5) is 0 Å². The summed E-state index contributed by atoms with van der Waals surface area (Å²) in [6.45, 7) is 0.663. The minimum Gasteiger partial charge on any atom is -0.480 e. The summed E-state index contributed by atoms with van der Waals surface area (Å²) in [6.07, 6.45) is 0.783. The summed E-state index contributed by atoms with van der Waals surface area (Å²) < 4.78 is 4.80. The maximum Gasteiger partial charge on any atom is 0.329 e. The average Bonchev–Trinajstić information content (AvgIpc) is 2.39. The fourth-order valence-corrected chi connectivity index (χ4v) is 1.49. The zero-order valence-electron chi connectivity index (χ0n) is 10.6. The van der Waals surface area contributed by atoms with Gasteiger partial charge in [0.2, 0.25) is 0 Å². The van der Waals surface area contributed by atoms with E-state index >= 15 is 0 Å². The van der Waals surface area contributed by atoms with Crippen molar-refractivity contribution in [3.05, 3.63) is 35.4 Å². The second-order valence-corrected chi connectivity index (χ2v) is 3.94. The van der Waals surface area contributed by atoms with Gasteiger partial charge in [0, 0.05) is 12.1 Å². The van der Waals surface area contributed by atoms with Crippen LogP contribution in [0.1, 0.15) is 15.9 Å². The summed E-state index contributed by atoms with van der Waals surface area (Å²) in [5, 5.41) is 11.0. The lowest BCUT2D eigenvalue weighted by molar-refractivity contribution is -0.142. The Labute approximate surface area is 111 Å². The Hall–Kier alpha value is -1.92. The van der Waals surface area contributed by atoms with Gasteiger partial charge in [0.15, 0.2) is 0 Å². The van der Waals surface area contributed by atoms with Crippen LogP contribution in [-0.4, -0.2) is 43.3 Å². The van der Waals surface area contributed by atoms with E-state index in [1.165, 1.54) is 0 Å². The standard InChI is InChI=1S/C13H18N2O4/c14-6-5-10-1-3-11(4-2-10)13(18)15-7-8-19-9-12(16)17/h1-4H,5-9,14H2,(H,15,18)(H,16,17). The molecule has 6 heteroatoms. The van der Waals surface area contributed by atoms with Crippen LogP contribution in [0.5, 0.6) is 0 Å². The fraction of sp³-hybridized carbons (Fsp3) is 0.385. The summed E-state index contributed by atoms with van der Waals surface area (Å²) >= 11 is 0. The van der Waals surface area contributed by atoms with Crippen molar-refractivity contribution in [2.45, 2.75) is 6.42 Å². The number of amides is 1. The van der Waals surface area contributed by atoms with E-state index in [1.807, 2.05) is 12.1 Å². The second kappa shape index (κ2) is 8.23. The molecule has 6 nitrogen and oxygen atoms in total. The smallest absolute Gasteiger partial charge is 0.329 e. The fourth-order valence-electron chi connectivity index (χ4n) is 1.49. The molecule has 0 unspecified atom stereocenters. The maximum absolute atomic E-state index is 11.7. The Morgan fingerprint density at radius 2 is 1.95 bits per heavy atom. The van der Waals surface area contributed by atoms with Crippen molar-refractivity contribution in [1.82, 2.24) is 5.32 Å². The number of nitrogens with one attached hydrogen (secondary N) is 1. The van der Waals surface area contributed by atoms with Gasteiger partial charge in [0.1, 0.15) is 6.61 Å². The molecule has 0 spiro atoms. The van der Waals surface area contributed by atoms with Crippen LogP contribution in [0.3, 0.4) is 0 Å². The number of carbonyl (C=O) groups is 2. The Bertz CT molecular complexity index is 417. The van der Waals surface area contributed by atoms with E-state index in [0.29, 0.717) is 12.1 Å². The number of carboxylic acid groups (broad SMARTS) is 1. The number of aliphatic carboxylic acids is 1. The molecule has 0 fully saturated rings. The highest BCUT2D eigenvalue weighted by Gasteiger charge is 2.04. The van der Waals surface area contributed by atoms with Crippen molar-refractivity contribution in [3.63, 3.8) is 0 Å². The molecule has 0 heterocycles. The quantitative estimate of drug-likeness (QED) is 0.576. The number of hydrogen-bond acceptors (Lipinski definition) is 4. The molecular formula is C13H18N2O4. The highest BCUT2D eigenvalue weighted by Crippen LogP contribution is 2.04. The van der Waals surface area contributed by atoms with E-state index in [9.17, 15) is 9.59 Å². The van der Waals surface area contributed by atoms with Gasteiger partial charge in [-0.15, -0.1) is 0 Å². The first-order valence-corrected chi connectivity index (χ1v) is 6.00. The molecule has 0 bridgehead atoms. The maximum atomic E-state index is 11.7. The third-order valence-electron chi connectivity index (χ3n) is 2.41. The molecule has 0 aromatic heterocycles. The molecule has 0 aliphatic rings. The van der Waals surface area contributed by atoms with E-state index in [4.69, 9.17) is 15.6 Å². The first-order valence-electron chi connectivity index (χ1n) is 6.00. The third kappa shape index (κ3) is 5.98. The van der Waals surface area contributed by atoms with Crippen LogP contribution in [0.2, 0.25) is 0 Å². The van der Waals surface area contributed by atoms with E-state index in [0.717, 1.165) is 12.0 Å². The Kier molecular flexibility index (Phi) is 6.56. The summed E-state index contributed by atoms with van der Waals surface area (Å²) in [4.78, 5) is 21.9. The van der Waals surface area contributed by atoms with Gasteiger partial charge >= 0.3 is 5.97 Å². The number of hydrogen-bond donors (Lipinski definition) is 3. The molecule has 4 N–H and O–H groups in total. The number of benzene rings is 1. The van der Waals surface area contributed by atoms with Gasteiger partial charge in [-0.05, 0) is 30.7 Å². The largest absolute Gasteiger partial charge is 0.480 e. The SMILES string of the molecule is NCCc1ccc(C(=O)NCCOCC(=O)O)cc1. The highest BCUT2D eigenvalue weighted by molar-refractivity contribution is 5.94. The van der Waals surface area contributed by atoms with Crippen molar-refractivity contribution < 1.29 is 19.4 Å². The van der Waals surface area contributed by atoms with Gasteiger partial charge in [-0.25, -0.2) is 4.79 Å². The number of nitrogens with two attached hydrogens (primary N) is 1. The summed E-state index contributed by atoms with van der Waals surface area (Å²) in [5.41, 5.74) is 7.08. The van der Waals surface area contributed by atoms with Gasteiger partial charge in [-0.1, -0.05) is 12.1 Å². The Balaban J connectivity index is 2.30. The first-order chi connectivity index (χ1) is 9.13. The molecule has 0 radical (unpaired) electrons. The van der Waals surface area contributed by atoms with Crippen LogP contribution in [0.15, 0.2) is 24.3 Å². The van der Waals surface area contributed by atoms with Gasteiger partial charge in [0.25, 0.3) is 5.91 Å². The number of carbonyl (C=O) groups excluding carboxylic acids is 1. The van der Waals surface area contributed by atoms with Crippen LogP contribution < -0.4 is 11.1 Å². The van der Waals surface area contributed by atoms with Crippen LogP contribution in [0, 0.1) is 0 Å². The van der Waals surface area contributed by atoms with E-state index in [-0.39, 0.29) is 25.7 Å². The van der Waals surface area contributed by atoms with Crippen molar-refractivity contribution in [2.75, 3.05) is 26.3 Å². The lowest BCUT2D eigenvalue weighted by atomic mass is 10.1. The van der Waals surface area contributed by atoms with Gasteiger partial charge in [-0.3, -0.25) is 4.79 Å². The molecule has 0 saturated carbocycles. The molecule has 0 aliphatic carbocycles. The van der Waals surface area contributed by atoms with E-state index in [2.05, 4.69) is 5.32 Å². The van der Waals surface area contributed by atoms with Crippen molar-refractivity contribution >= 4 is 11.9 Å². The molecule has 0 atom stereocenters. The Morgan fingerprint density at radius 3 is 2.53 bits per heavy atom. The zero-order chi connectivity index (χ0) is 14.1. The Morgan fingerprint density at radius 1 is 1.26 bits per heavy atom. The normalized spacial score (nSPS) is 10.2. The first kappa shape index (κ1) is 15.1. The molecule has 0 saturated heterocycles. The molecular weight excluding hydrogens is 248 g/mol. The molecule has 1 aromatic rings. The molecule has 1 amide bonds. The number of ether oxygens (including phenoxy) is 1. The molecule has 1 aromatic carbocycles. The van der Waals surface area contributed by atoms with Crippen LogP contribution >= 0.6 is 0 Å². The molecule has 0 aliphatic heterocycles. The minimum atomic E-state index is -1.03. The molecule has 19 heavy (non-hydrogen) atoms. The number of carboxylic acids is 1. The zero-order valence-corrected chi connectivity index (χ0v) is 10.6. The summed E-state index contributed by atoms with van der Waals surface area (Å²) in [7, 11) is 0. The lowest BCUT2D eigenvalue weighted by Crippen LogP contribution is -2.27. The van der Waals surface area contributed by atoms with Crippen molar-refractivity contribution in [2.24, 2.45) is 5.73 Å². The van der Waals surface area contributed by atoms with Crippen molar-refractivity contribution in [3.8, 4) is 0 Å². The third-order valence-corrected chi connectivity index (χ3v) is 2.41. The lowest BCUT2D eigenvalue weighted by Gasteiger charge is -2.06. The predicted molar refractivity (Wildman–Crippen MR) is 70.0 cm³/mol. The van der Waals surface area contributed by atoms with E-state index < -0.39 is 5.97 Å². The topological polar surface area (TPSA) is 102 Å². The average molecular weight is 266 g/mol. The second-order valence-electron chi connectivity index (χ2n) is 3.94.